The summed E-state index contributed by atoms with van der Waals surface area (Å²) in [5.74, 6) is 0.365. The maximum atomic E-state index is 14.4. The van der Waals surface area contributed by atoms with Crippen molar-refractivity contribution in [2.24, 2.45) is 5.41 Å². The van der Waals surface area contributed by atoms with E-state index in [4.69, 9.17) is 21.1 Å². The van der Waals surface area contributed by atoms with E-state index in [0.717, 1.165) is 18.4 Å². The number of amides is 1. The molecule has 41 heavy (non-hydrogen) atoms. The molecule has 1 atom stereocenters. The first-order valence-corrected chi connectivity index (χ1v) is 14.3. The van der Waals surface area contributed by atoms with E-state index in [1.807, 2.05) is 67.8 Å². The number of rotatable bonds is 9. The summed E-state index contributed by atoms with van der Waals surface area (Å²) in [6.07, 6.45) is 3.20. The summed E-state index contributed by atoms with van der Waals surface area (Å²) in [4.78, 5) is 20.7. The lowest BCUT2D eigenvalue weighted by Gasteiger charge is -2.51. The molecular formula is C29H35B4ClN2O5. The van der Waals surface area contributed by atoms with Crippen LogP contribution in [0.2, 0.25) is 5.02 Å². The lowest BCUT2D eigenvalue weighted by molar-refractivity contribution is -0.168. The highest BCUT2D eigenvalue weighted by molar-refractivity contribution is 6.45. The number of fused-ring (bicyclic) bond motifs is 1. The summed E-state index contributed by atoms with van der Waals surface area (Å²) in [5, 5.41) is 20.8. The number of aliphatic hydroxyl groups is 2. The summed E-state index contributed by atoms with van der Waals surface area (Å²) in [6.45, 7) is 3.53. The van der Waals surface area contributed by atoms with Gasteiger partial charge in [0.2, 0.25) is 0 Å². The second-order valence-corrected chi connectivity index (χ2v) is 13.2. The third-order valence-corrected chi connectivity index (χ3v) is 9.26. The fourth-order valence-electron chi connectivity index (χ4n) is 6.50. The summed E-state index contributed by atoms with van der Waals surface area (Å²) in [5.41, 5.74) is 0.0404. The van der Waals surface area contributed by atoms with Crippen LogP contribution < -0.4 is 4.74 Å². The molecule has 1 fully saturated rings. The van der Waals surface area contributed by atoms with E-state index in [2.05, 4.69) is 4.98 Å². The Balaban J connectivity index is 1.76. The Labute approximate surface area is 250 Å². The van der Waals surface area contributed by atoms with Crippen LogP contribution in [0.25, 0.3) is 0 Å². The highest BCUT2D eigenvalue weighted by atomic mass is 35.5. The highest BCUT2D eigenvalue weighted by Crippen LogP contribution is 2.61. The van der Waals surface area contributed by atoms with E-state index in [1.165, 1.54) is 0 Å². The highest BCUT2D eigenvalue weighted by Gasteiger charge is 2.66. The van der Waals surface area contributed by atoms with Crippen LogP contribution >= 0.6 is 11.6 Å². The normalized spacial score (nSPS) is 20.1. The first kappa shape index (κ1) is 29.8. The molecule has 1 aliphatic carbocycles. The Hall–Kier alpha value is -2.71. The average molecular weight is 570 g/mol. The van der Waals surface area contributed by atoms with E-state index in [-0.39, 0.29) is 12.5 Å². The lowest BCUT2D eigenvalue weighted by atomic mass is 9.43. The Kier molecular flexibility index (Phi) is 7.22. The molecule has 210 valence electrons. The van der Waals surface area contributed by atoms with Crippen LogP contribution in [0.1, 0.15) is 59.4 Å². The van der Waals surface area contributed by atoms with Gasteiger partial charge < -0.3 is 19.7 Å². The Morgan fingerprint density at radius 1 is 1.02 bits per heavy atom. The second kappa shape index (κ2) is 9.94. The van der Waals surface area contributed by atoms with Gasteiger partial charge in [0.15, 0.2) is 5.72 Å². The molecule has 1 saturated carbocycles. The fraction of sp³-hybridized carbons (Fsp3) is 0.379. The number of benzene rings is 2. The zero-order valence-electron chi connectivity index (χ0n) is 24.8. The minimum Gasteiger partial charge on any atom is -0.495 e. The molecule has 3 aromatic rings. The van der Waals surface area contributed by atoms with E-state index in [9.17, 15) is 15.0 Å². The van der Waals surface area contributed by atoms with Crippen molar-refractivity contribution < 1.29 is 24.5 Å². The van der Waals surface area contributed by atoms with Gasteiger partial charge in [-0.1, -0.05) is 35.9 Å². The van der Waals surface area contributed by atoms with Gasteiger partial charge in [0.1, 0.15) is 37.1 Å². The number of pyridine rings is 1. The smallest absolute Gasteiger partial charge is 0.257 e. The van der Waals surface area contributed by atoms with Gasteiger partial charge in [-0.2, -0.15) is 0 Å². The molecule has 0 saturated heterocycles. The van der Waals surface area contributed by atoms with E-state index in [1.54, 1.807) is 50.3 Å². The molecule has 0 radical (unpaired) electrons. The number of hydrogen-bond donors (Lipinski definition) is 2. The predicted molar refractivity (Wildman–Crippen MR) is 169 cm³/mol. The number of aromatic nitrogens is 1. The molecule has 1 aromatic heterocycles. The SMILES string of the molecule is BC(B)(O)C1(C(B)(B)O[C@]2(c3ccc(Cl)cc3)c3ccc(C(C)(C)O)cc3C(=O)N2Cc2ccc(OC)cn2)CC1. The van der Waals surface area contributed by atoms with Crippen LogP contribution in [0.3, 0.4) is 0 Å². The lowest BCUT2D eigenvalue weighted by Crippen LogP contribution is -2.62. The van der Waals surface area contributed by atoms with E-state index >= 15 is 0 Å². The Morgan fingerprint density at radius 2 is 1.68 bits per heavy atom. The quantitative estimate of drug-likeness (QED) is 0.364. The van der Waals surface area contributed by atoms with E-state index < -0.39 is 27.5 Å². The van der Waals surface area contributed by atoms with Crippen molar-refractivity contribution in [1.29, 1.82) is 0 Å². The molecule has 0 bridgehead atoms. The summed E-state index contributed by atoms with van der Waals surface area (Å²) in [6, 6.07) is 16.4. The van der Waals surface area contributed by atoms with Crippen LogP contribution in [-0.4, -0.2) is 75.3 Å². The number of carbonyl (C=O) groups excluding carboxylic acids is 1. The van der Waals surface area contributed by atoms with Gasteiger partial charge in [-0.25, -0.2) is 0 Å². The Morgan fingerprint density at radius 3 is 2.20 bits per heavy atom. The molecule has 0 spiro atoms. The summed E-state index contributed by atoms with van der Waals surface area (Å²) < 4.78 is 12.6. The second-order valence-electron chi connectivity index (χ2n) is 12.8. The zero-order chi connectivity index (χ0) is 30.0. The van der Waals surface area contributed by atoms with Gasteiger partial charge in [-0.15, -0.1) is 0 Å². The number of carbonyl (C=O) groups is 1. The topological polar surface area (TPSA) is 92.1 Å². The Bertz CT molecular complexity index is 1470. The molecule has 2 aromatic carbocycles. The summed E-state index contributed by atoms with van der Waals surface area (Å²) >= 11 is 6.33. The van der Waals surface area contributed by atoms with Crippen LogP contribution in [0, 0.1) is 5.41 Å². The van der Waals surface area contributed by atoms with Crippen molar-refractivity contribution in [3.05, 3.63) is 93.8 Å². The van der Waals surface area contributed by atoms with E-state index in [0.29, 0.717) is 33.2 Å². The van der Waals surface area contributed by atoms with Gasteiger partial charge in [0, 0.05) is 32.5 Å². The van der Waals surface area contributed by atoms with Crippen molar-refractivity contribution in [2.45, 2.75) is 55.4 Å². The fourth-order valence-corrected chi connectivity index (χ4v) is 6.63. The monoisotopic (exact) mass is 570 g/mol. The average Bonchev–Trinajstić information content (AvgIpc) is 3.71. The van der Waals surface area contributed by atoms with Crippen LogP contribution in [0.15, 0.2) is 60.8 Å². The molecular weight excluding hydrogens is 535 g/mol. The minimum absolute atomic E-state index is 0.142. The maximum absolute atomic E-state index is 14.4. The molecule has 0 unspecified atom stereocenters. The van der Waals surface area contributed by atoms with Gasteiger partial charge in [-0.05, 0) is 68.0 Å². The van der Waals surface area contributed by atoms with Crippen LogP contribution in [0.4, 0.5) is 0 Å². The number of methoxy groups -OCH3 is 1. The van der Waals surface area contributed by atoms with Crippen LogP contribution in [-0.2, 0) is 22.6 Å². The maximum Gasteiger partial charge on any atom is 0.257 e. The minimum atomic E-state index is -1.37. The van der Waals surface area contributed by atoms with Gasteiger partial charge in [0.25, 0.3) is 5.91 Å². The molecule has 2 heterocycles. The molecule has 5 rings (SSSR count). The summed E-state index contributed by atoms with van der Waals surface area (Å²) in [7, 11) is 9.21. The van der Waals surface area contributed by atoms with Gasteiger partial charge in [0.05, 0.1) is 31.1 Å². The molecule has 2 aliphatic rings. The van der Waals surface area contributed by atoms with Crippen LogP contribution in [0.5, 0.6) is 5.75 Å². The predicted octanol–water partition coefficient (Wildman–Crippen LogP) is 0.457. The van der Waals surface area contributed by atoms with Crippen molar-refractivity contribution >= 4 is 48.9 Å². The molecule has 1 amide bonds. The third kappa shape index (κ3) is 4.91. The molecule has 1 aliphatic heterocycles. The van der Waals surface area contributed by atoms with Crippen molar-refractivity contribution in [3.8, 4) is 5.75 Å². The number of nitrogens with zero attached hydrogens (tertiary/aromatic N) is 2. The van der Waals surface area contributed by atoms with Gasteiger partial charge >= 0.3 is 0 Å². The third-order valence-electron chi connectivity index (χ3n) is 9.01. The number of halogens is 1. The zero-order valence-corrected chi connectivity index (χ0v) is 25.5. The molecule has 2 N–H and O–H groups in total. The first-order valence-electron chi connectivity index (χ1n) is 13.9. The molecule has 12 heteroatoms. The first-order chi connectivity index (χ1) is 19.1. The standard InChI is InChI=1S/C29H35B4ClN2O5/c1-25(2,38)18-6-11-23-22(14-18)24(37)36(16-20-9-10-21(40-3)15-35-20)27(23,17-4-7-19(34)8-5-17)41-29(32,33)26(12-13-26)28(30,31)39/h4-11,14-15,38-39H,12-13,16,30-33H2,1-3H3/t27-/m1/s1. The number of hydrogen-bond acceptors (Lipinski definition) is 6. The van der Waals surface area contributed by atoms with Crippen molar-refractivity contribution in [3.63, 3.8) is 0 Å². The van der Waals surface area contributed by atoms with Crippen molar-refractivity contribution in [2.75, 3.05) is 7.11 Å². The van der Waals surface area contributed by atoms with Gasteiger partial charge in [-0.3, -0.25) is 14.7 Å². The largest absolute Gasteiger partial charge is 0.495 e. The molecule has 7 nitrogen and oxygen atoms in total. The van der Waals surface area contributed by atoms with Crippen molar-refractivity contribution in [1.82, 2.24) is 9.88 Å². The number of ether oxygens (including phenoxy) is 2.